The van der Waals surface area contributed by atoms with Crippen LogP contribution in [0.3, 0.4) is 0 Å². The Bertz CT molecular complexity index is 862. The number of aromatic nitrogens is 1. The first-order chi connectivity index (χ1) is 13.5. The lowest BCUT2D eigenvalue weighted by atomic mass is 10.0. The SMILES string of the molecule is COc1cccc(CN2CCC[C@H](NC(=O)CCn3c(C)cccc3=O)C2)c1. The van der Waals surface area contributed by atoms with Crippen molar-refractivity contribution < 1.29 is 9.53 Å². The molecule has 0 saturated carbocycles. The summed E-state index contributed by atoms with van der Waals surface area (Å²) in [6.45, 7) is 5.02. The van der Waals surface area contributed by atoms with Crippen LogP contribution in [-0.2, 0) is 17.9 Å². The highest BCUT2D eigenvalue weighted by Gasteiger charge is 2.21. The van der Waals surface area contributed by atoms with Gasteiger partial charge in [0.2, 0.25) is 5.91 Å². The van der Waals surface area contributed by atoms with E-state index in [1.807, 2.05) is 25.1 Å². The number of nitrogens with one attached hydrogen (secondary N) is 1. The highest BCUT2D eigenvalue weighted by atomic mass is 16.5. The standard InChI is InChI=1S/C22H29N3O3/c1-17-6-3-10-22(27)25(17)13-11-21(26)23-19-8-5-12-24(16-19)15-18-7-4-9-20(14-18)28-2/h3-4,6-7,9-10,14,19H,5,8,11-13,15-16H2,1-2H3,(H,23,26)/t19-/m0/s1. The number of amides is 1. The number of ether oxygens (including phenoxy) is 1. The van der Waals surface area contributed by atoms with Crippen LogP contribution in [0.4, 0.5) is 0 Å². The topological polar surface area (TPSA) is 63.6 Å². The quantitative estimate of drug-likeness (QED) is 0.797. The maximum atomic E-state index is 12.4. The predicted molar refractivity (Wildman–Crippen MR) is 109 cm³/mol. The van der Waals surface area contributed by atoms with Gasteiger partial charge in [-0.3, -0.25) is 14.5 Å². The van der Waals surface area contributed by atoms with Crippen LogP contribution >= 0.6 is 0 Å². The molecule has 1 fully saturated rings. The van der Waals surface area contributed by atoms with Gasteiger partial charge in [-0.2, -0.15) is 0 Å². The molecular formula is C22H29N3O3. The maximum absolute atomic E-state index is 12.4. The molecule has 1 aliphatic rings. The molecule has 2 aromatic rings. The largest absolute Gasteiger partial charge is 0.497 e. The third-order valence-corrected chi connectivity index (χ3v) is 5.24. The highest BCUT2D eigenvalue weighted by molar-refractivity contribution is 5.76. The molecule has 0 spiro atoms. The van der Waals surface area contributed by atoms with Gasteiger partial charge in [-0.15, -0.1) is 0 Å². The fourth-order valence-electron chi connectivity index (χ4n) is 3.77. The van der Waals surface area contributed by atoms with E-state index >= 15 is 0 Å². The smallest absolute Gasteiger partial charge is 0.250 e. The van der Waals surface area contributed by atoms with Gasteiger partial charge in [-0.25, -0.2) is 0 Å². The number of hydrogen-bond acceptors (Lipinski definition) is 4. The lowest BCUT2D eigenvalue weighted by molar-refractivity contribution is -0.122. The number of rotatable bonds is 7. The zero-order chi connectivity index (χ0) is 19.9. The molecule has 150 valence electrons. The Morgan fingerprint density at radius 3 is 2.86 bits per heavy atom. The number of nitrogens with zero attached hydrogens (tertiary/aromatic N) is 2. The molecule has 0 radical (unpaired) electrons. The molecule has 1 amide bonds. The van der Waals surface area contributed by atoms with Gasteiger partial charge in [0, 0.05) is 43.9 Å². The normalized spacial score (nSPS) is 17.3. The van der Waals surface area contributed by atoms with E-state index in [2.05, 4.69) is 22.3 Å². The van der Waals surface area contributed by atoms with E-state index in [1.54, 1.807) is 17.7 Å². The van der Waals surface area contributed by atoms with Crippen molar-refractivity contribution in [2.24, 2.45) is 0 Å². The van der Waals surface area contributed by atoms with Crippen LogP contribution in [0.1, 0.15) is 30.5 Å². The minimum Gasteiger partial charge on any atom is -0.497 e. The van der Waals surface area contributed by atoms with E-state index in [4.69, 9.17) is 4.74 Å². The van der Waals surface area contributed by atoms with Gasteiger partial charge < -0.3 is 14.6 Å². The van der Waals surface area contributed by atoms with Crippen molar-refractivity contribution in [3.8, 4) is 5.75 Å². The number of carbonyl (C=O) groups excluding carboxylic acids is 1. The van der Waals surface area contributed by atoms with E-state index in [0.29, 0.717) is 13.0 Å². The molecule has 1 atom stereocenters. The summed E-state index contributed by atoms with van der Waals surface area (Å²) in [6.07, 6.45) is 2.37. The number of carbonyl (C=O) groups is 1. The molecule has 0 bridgehead atoms. The molecule has 3 rings (SSSR count). The molecule has 1 N–H and O–H groups in total. The summed E-state index contributed by atoms with van der Waals surface area (Å²) >= 11 is 0. The van der Waals surface area contributed by atoms with Gasteiger partial charge >= 0.3 is 0 Å². The molecule has 28 heavy (non-hydrogen) atoms. The van der Waals surface area contributed by atoms with Crippen molar-refractivity contribution in [3.63, 3.8) is 0 Å². The molecule has 1 aliphatic heterocycles. The van der Waals surface area contributed by atoms with Crippen molar-refractivity contribution in [2.75, 3.05) is 20.2 Å². The number of hydrogen-bond donors (Lipinski definition) is 1. The minimum absolute atomic E-state index is 0.00313. The number of pyridine rings is 1. The monoisotopic (exact) mass is 383 g/mol. The Morgan fingerprint density at radius 1 is 1.25 bits per heavy atom. The zero-order valence-corrected chi connectivity index (χ0v) is 16.7. The predicted octanol–water partition coefficient (Wildman–Crippen LogP) is 2.34. The van der Waals surface area contributed by atoms with Gasteiger partial charge in [0.15, 0.2) is 0 Å². The Hall–Kier alpha value is -2.60. The van der Waals surface area contributed by atoms with Gasteiger partial charge in [0.05, 0.1) is 7.11 Å². The van der Waals surface area contributed by atoms with Crippen LogP contribution < -0.4 is 15.6 Å². The van der Waals surface area contributed by atoms with Crippen LogP contribution in [0.25, 0.3) is 0 Å². The molecular weight excluding hydrogens is 354 g/mol. The van der Waals surface area contributed by atoms with Gasteiger partial charge in [0.1, 0.15) is 5.75 Å². The first-order valence-electron chi connectivity index (χ1n) is 9.86. The highest BCUT2D eigenvalue weighted by Crippen LogP contribution is 2.17. The number of piperidine rings is 1. The Morgan fingerprint density at radius 2 is 2.07 bits per heavy atom. The number of aryl methyl sites for hydroxylation is 1. The summed E-state index contributed by atoms with van der Waals surface area (Å²) in [5.74, 6) is 0.870. The number of benzene rings is 1. The molecule has 6 heteroatoms. The molecule has 1 aromatic heterocycles. The van der Waals surface area contributed by atoms with Crippen LogP contribution in [-0.4, -0.2) is 41.6 Å². The second-order valence-electron chi connectivity index (χ2n) is 7.40. The zero-order valence-electron chi connectivity index (χ0n) is 16.7. The van der Waals surface area contributed by atoms with Crippen molar-refractivity contribution in [1.82, 2.24) is 14.8 Å². The molecule has 6 nitrogen and oxygen atoms in total. The van der Waals surface area contributed by atoms with Crippen molar-refractivity contribution in [1.29, 1.82) is 0 Å². The first kappa shape index (κ1) is 20.1. The summed E-state index contributed by atoms with van der Waals surface area (Å²) in [5.41, 5.74) is 2.03. The Kier molecular flexibility index (Phi) is 6.87. The lowest BCUT2D eigenvalue weighted by Gasteiger charge is -2.33. The van der Waals surface area contributed by atoms with E-state index < -0.39 is 0 Å². The second-order valence-corrected chi connectivity index (χ2v) is 7.40. The van der Waals surface area contributed by atoms with E-state index in [9.17, 15) is 9.59 Å². The van der Waals surface area contributed by atoms with Crippen LogP contribution in [0.5, 0.6) is 5.75 Å². The van der Waals surface area contributed by atoms with E-state index in [0.717, 1.165) is 43.9 Å². The van der Waals surface area contributed by atoms with Gasteiger partial charge in [0.25, 0.3) is 5.56 Å². The summed E-state index contributed by atoms with van der Waals surface area (Å²) in [6, 6.07) is 13.4. The first-order valence-corrected chi connectivity index (χ1v) is 9.86. The Labute approximate surface area is 166 Å². The fourth-order valence-corrected chi connectivity index (χ4v) is 3.77. The summed E-state index contributed by atoms with van der Waals surface area (Å²) in [7, 11) is 1.68. The molecule has 1 aromatic carbocycles. The third kappa shape index (κ3) is 5.45. The average molecular weight is 383 g/mol. The molecule has 0 unspecified atom stereocenters. The lowest BCUT2D eigenvalue weighted by Crippen LogP contribution is -2.47. The maximum Gasteiger partial charge on any atom is 0.250 e. The van der Waals surface area contributed by atoms with E-state index in [-0.39, 0.29) is 17.5 Å². The van der Waals surface area contributed by atoms with Crippen molar-refractivity contribution in [3.05, 3.63) is 64.1 Å². The molecule has 1 saturated heterocycles. The third-order valence-electron chi connectivity index (χ3n) is 5.24. The fraction of sp³-hybridized carbons (Fsp3) is 0.455. The summed E-state index contributed by atoms with van der Waals surface area (Å²) in [4.78, 5) is 26.7. The second kappa shape index (κ2) is 9.55. The van der Waals surface area contributed by atoms with Crippen LogP contribution in [0.15, 0.2) is 47.3 Å². The summed E-state index contributed by atoms with van der Waals surface area (Å²) in [5, 5.41) is 3.15. The number of methoxy groups -OCH3 is 1. The van der Waals surface area contributed by atoms with Gasteiger partial charge in [-0.1, -0.05) is 18.2 Å². The number of likely N-dealkylation sites (tertiary alicyclic amines) is 1. The van der Waals surface area contributed by atoms with Gasteiger partial charge in [-0.05, 0) is 50.1 Å². The summed E-state index contributed by atoms with van der Waals surface area (Å²) < 4.78 is 6.95. The minimum atomic E-state index is -0.0602. The van der Waals surface area contributed by atoms with Crippen molar-refractivity contribution >= 4 is 5.91 Å². The Balaban J connectivity index is 1.50. The average Bonchev–Trinajstić information content (AvgIpc) is 2.68. The van der Waals surface area contributed by atoms with Crippen molar-refractivity contribution in [2.45, 2.75) is 45.3 Å². The molecule has 2 heterocycles. The van der Waals surface area contributed by atoms with Crippen LogP contribution in [0.2, 0.25) is 0 Å². The van der Waals surface area contributed by atoms with E-state index in [1.165, 1.54) is 11.6 Å². The molecule has 0 aliphatic carbocycles. The van der Waals surface area contributed by atoms with Crippen LogP contribution in [0, 0.1) is 6.92 Å².